The molecule has 9 nitrogen and oxygen atoms in total. The summed E-state index contributed by atoms with van der Waals surface area (Å²) in [5.74, 6) is 2.03. The molecule has 0 fully saturated rings. The molecule has 5 rings (SSSR count). The highest BCUT2D eigenvalue weighted by Gasteiger charge is 2.29. The van der Waals surface area contributed by atoms with E-state index in [0.29, 0.717) is 41.7 Å². The van der Waals surface area contributed by atoms with Crippen molar-refractivity contribution in [2.24, 2.45) is 0 Å². The number of methoxy groups -OCH3 is 1. The van der Waals surface area contributed by atoms with Crippen molar-refractivity contribution in [3.8, 4) is 28.7 Å². The van der Waals surface area contributed by atoms with Gasteiger partial charge in [0.05, 0.1) is 17.7 Å². The molecule has 1 aliphatic rings. The van der Waals surface area contributed by atoms with E-state index in [2.05, 4.69) is 10.2 Å². The molecule has 180 valence electrons. The Morgan fingerprint density at radius 3 is 2.34 bits per heavy atom. The van der Waals surface area contributed by atoms with Crippen LogP contribution >= 0.6 is 0 Å². The minimum atomic E-state index is -4.01. The minimum absolute atomic E-state index is 0.0669. The average molecular weight is 494 g/mol. The van der Waals surface area contributed by atoms with Crippen molar-refractivity contribution >= 4 is 15.7 Å². The lowest BCUT2D eigenvalue weighted by Crippen LogP contribution is -2.31. The van der Waals surface area contributed by atoms with Crippen molar-refractivity contribution in [1.82, 2.24) is 10.2 Å². The first-order valence-corrected chi connectivity index (χ1v) is 12.3. The molecule has 0 aliphatic carbocycles. The third-order valence-corrected chi connectivity index (χ3v) is 7.28. The number of fused-ring (bicyclic) bond motifs is 1. The Labute approximate surface area is 202 Å². The maximum Gasteiger partial charge on any atom is 0.264 e. The maximum atomic E-state index is 13.8. The van der Waals surface area contributed by atoms with Crippen molar-refractivity contribution in [1.29, 1.82) is 0 Å². The number of aromatic nitrogens is 2. The van der Waals surface area contributed by atoms with E-state index in [0.717, 1.165) is 5.56 Å². The second-order valence-electron chi connectivity index (χ2n) is 7.88. The third kappa shape index (κ3) is 4.65. The Morgan fingerprint density at radius 2 is 1.63 bits per heavy atom. The molecule has 3 aromatic carbocycles. The van der Waals surface area contributed by atoms with Crippen molar-refractivity contribution < 1.29 is 27.0 Å². The molecule has 2 heterocycles. The van der Waals surface area contributed by atoms with E-state index in [1.165, 1.54) is 16.4 Å². The Kier molecular flexibility index (Phi) is 6.04. The highest BCUT2D eigenvalue weighted by molar-refractivity contribution is 7.92. The van der Waals surface area contributed by atoms with Crippen LogP contribution in [-0.2, 0) is 16.6 Å². The Morgan fingerprint density at radius 1 is 0.914 bits per heavy atom. The summed E-state index contributed by atoms with van der Waals surface area (Å²) in [7, 11) is -2.42. The molecule has 0 saturated heterocycles. The molecule has 0 amide bonds. The van der Waals surface area contributed by atoms with Gasteiger partial charge in [-0.25, -0.2) is 8.42 Å². The second-order valence-corrected chi connectivity index (χ2v) is 9.74. The first-order chi connectivity index (χ1) is 16.9. The fourth-order valence-corrected chi connectivity index (χ4v) is 5.06. The molecule has 0 N–H and O–H groups in total. The number of ether oxygens (including phenoxy) is 3. The van der Waals surface area contributed by atoms with Gasteiger partial charge in [-0.3, -0.25) is 4.31 Å². The predicted octanol–water partition coefficient (Wildman–Crippen LogP) is 4.22. The van der Waals surface area contributed by atoms with Crippen LogP contribution in [0.5, 0.6) is 17.2 Å². The molecule has 10 heteroatoms. The molecule has 1 aromatic heterocycles. The summed E-state index contributed by atoms with van der Waals surface area (Å²) >= 11 is 0. The summed E-state index contributed by atoms with van der Waals surface area (Å²) in [6.45, 7) is 2.56. The van der Waals surface area contributed by atoms with Gasteiger partial charge in [0.1, 0.15) is 25.5 Å². The van der Waals surface area contributed by atoms with Crippen LogP contribution in [-0.4, -0.2) is 38.9 Å². The fourth-order valence-electron chi connectivity index (χ4n) is 3.63. The summed E-state index contributed by atoms with van der Waals surface area (Å²) < 4.78 is 50.9. The van der Waals surface area contributed by atoms with Gasteiger partial charge >= 0.3 is 0 Å². The first-order valence-electron chi connectivity index (χ1n) is 10.9. The predicted molar refractivity (Wildman–Crippen MR) is 128 cm³/mol. The molecule has 4 aromatic rings. The van der Waals surface area contributed by atoms with Gasteiger partial charge < -0.3 is 18.6 Å². The SMILES string of the molecule is COc1ccc(-c2nnc(CN(c3ccc(C)cc3)S(=O)(=O)c3ccc4c(c3)OCCO4)o2)cc1. The molecule has 0 radical (unpaired) electrons. The normalized spacial score (nSPS) is 12.9. The van der Waals surface area contributed by atoms with Crippen LogP contribution in [0.25, 0.3) is 11.5 Å². The monoisotopic (exact) mass is 493 g/mol. The van der Waals surface area contributed by atoms with E-state index >= 15 is 0 Å². The van der Waals surface area contributed by atoms with Gasteiger partial charge in [-0.2, -0.15) is 0 Å². The van der Waals surface area contributed by atoms with Crippen LogP contribution in [0.4, 0.5) is 5.69 Å². The van der Waals surface area contributed by atoms with E-state index < -0.39 is 10.0 Å². The van der Waals surface area contributed by atoms with Gasteiger partial charge in [-0.05, 0) is 55.5 Å². The minimum Gasteiger partial charge on any atom is -0.497 e. The Hall–Kier alpha value is -4.05. The van der Waals surface area contributed by atoms with E-state index in [1.54, 1.807) is 49.6 Å². The van der Waals surface area contributed by atoms with Gasteiger partial charge in [0, 0.05) is 11.6 Å². The van der Waals surface area contributed by atoms with Crippen LogP contribution in [0.2, 0.25) is 0 Å². The number of nitrogens with zero attached hydrogens (tertiary/aromatic N) is 3. The molecular formula is C25H23N3O6S. The molecule has 1 aliphatic heterocycles. The summed E-state index contributed by atoms with van der Waals surface area (Å²) in [5, 5.41) is 8.20. The lowest BCUT2D eigenvalue weighted by Gasteiger charge is -2.24. The zero-order chi connectivity index (χ0) is 24.4. The number of sulfonamides is 1. The summed E-state index contributed by atoms with van der Waals surface area (Å²) in [4.78, 5) is 0.0669. The second kappa shape index (κ2) is 9.30. The quantitative estimate of drug-likeness (QED) is 0.377. The standard InChI is InChI=1S/C25H23N3O6S/c1-17-3-7-19(8-4-17)28(35(29,30)21-11-12-22-23(15-21)33-14-13-32-22)16-24-26-27-25(34-24)18-5-9-20(31-2)10-6-18/h3-12,15H,13-14,16H2,1-2H3. The van der Waals surface area contributed by atoms with E-state index in [1.807, 2.05) is 19.1 Å². The lowest BCUT2D eigenvalue weighted by atomic mass is 10.2. The zero-order valence-corrected chi connectivity index (χ0v) is 20.0. The molecule has 35 heavy (non-hydrogen) atoms. The van der Waals surface area contributed by atoms with Crippen molar-refractivity contribution in [3.05, 3.63) is 78.2 Å². The summed E-state index contributed by atoms with van der Waals surface area (Å²) in [6, 6.07) is 18.9. The van der Waals surface area contributed by atoms with Crippen LogP contribution in [0.15, 0.2) is 76.0 Å². The van der Waals surface area contributed by atoms with E-state index in [-0.39, 0.29) is 23.2 Å². The number of aryl methyl sites for hydroxylation is 1. The van der Waals surface area contributed by atoms with Gasteiger partial charge in [-0.15, -0.1) is 10.2 Å². The zero-order valence-electron chi connectivity index (χ0n) is 19.2. The smallest absolute Gasteiger partial charge is 0.264 e. The van der Waals surface area contributed by atoms with E-state index in [9.17, 15) is 8.42 Å². The van der Waals surface area contributed by atoms with Crippen LogP contribution in [0, 0.1) is 6.92 Å². The highest BCUT2D eigenvalue weighted by Crippen LogP contribution is 2.35. The number of benzene rings is 3. The lowest BCUT2D eigenvalue weighted by molar-refractivity contribution is 0.171. The van der Waals surface area contributed by atoms with Gasteiger partial charge in [0.25, 0.3) is 10.0 Å². The van der Waals surface area contributed by atoms with Crippen LogP contribution in [0.3, 0.4) is 0 Å². The number of anilines is 1. The van der Waals surface area contributed by atoms with Crippen molar-refractivity contribution in [3.63, 3.8) is 0 Å². The summed E-state index contributed by atoms with van der Waals surface area (Å²) in [6.07, 6.45) is 0. The largest absolute Gasteiger partial charge is 0.497 e. The number of rotatable bonds is 7. The fraction of sp³-hybridized carbons (Fsp3) is 0.200. The molecule has 0 atom stereocenters. The van der Waals surface area contributed by atoms with Crippen LogP contribution in [0.1, 0.15) is 11.5 Å². The number of hydrogen-bond donors (Lipinski definition) is 0. The highest BCUT2D eigenvalue weighted by atomic mass is 32.2. The van der Waals surface area contributed by atoms with Crippen molar-refractivity contribution in [2.75, 3.05) is 24.6 Å². The molecule has 0 saturated carbocycles. The molecule has 0 bridgehead atoms. The molecule has 0 unspecified atom stereocenters. The van der Waals surface area contributed by atoms with Crippen molar-refractivity contribution in [2.45, 2.75) is 18.4 Å². The van der Waals surface area contributed by atoms with E-state index in [4.69, 9.17) is 18.6 Å². The maximum absolute atomic E-state index is 13.8. The summed E-state index contributed by atoms with van der Waals surface area (Å²) in [5.41, 5.74) is 2.17. The molecular weight excluding hydrogens is 470 g/mol. The Bertz CT molecular complexity index is 1430. The molecule has 0 spiro atoms. The number of hydrogen-bond acceptors (Lipinski definition) is 8. The first kappa shape index (κ1) is 22.7. The average Bonchev–Trinajstić information content (AvgIpc) is 3.36. The van der Waals surface area contributed by atoms with Gasteiger partial charge in [0.15, 0.2) is 11.5 Å². The third-order valence-electron chi connectivity index (χ3n) is 5.51. The Balaban J connectivity index is 1.49. The van der Waals surface area contributed by atoms with Gasteiger partial charge in [0.2, 0.25) is 11.8 Å². The topological polar surface area (TPSA) is 104 Å². The van der Waals surface area contributed by atoms with Gasteiger partial charge in [-0.1, -0.05) is 17.7 Å². The van der Waals surface area contributed by atoms with Crippen LogP contribution < -0.4 is 18.5 Å².